The predicted octanol–water partition coefficient (Wildman–Crippen LogP) is 1.98. The molecule has 0 saturated heterocycles. The Morgan fingerprint density at radius 3 is 3.07 bits per heavy atom. The summed E-state index contributed by atoms with van der Waals surface area (Å²) in [6.07, 6.45) is 6.84. The molecule has 1 unspecified atom stereocenters. The molecular formula is C12H21NO2. The fourth-order valence-corrected chi connectivity index (χ4v) is 1.83. The first-order valence-corrected chi connectivity index (χ1v) is 5.92. The quantitative estimate of drug-likeness (QED) is 0.683. The van der Waals surface area contributed by atoms with Crippen molar-refractivity contribution in [3.05, 3.63) is 0 Å². The highest BCUT2D eigenvalue weighted by Crippen LogP contribution is 2.19. The maximum absolute atomic E-state index is 11.0. The van der Waals surface area contributed by atoms with Gasteiger partial charge in [0.15, 0.2) is 0 Å². The summed E-state index contributed by atoms with van der Waals surface area (Å²) in [5, 5.41) is 9.53. The minimum atomic E-state index is -0.307. The molecule has 3 heteroatoms. The van der Waals surface area contributed by atoms with Crippen LogP contribution in [-0.2, 0) is 4.79 Å². The topological polar surface area (TPSA) is 49.7 Å². The number of ketones is 1. The lowest BCUT2D eigenvalue weighted by Crippen LogP contribution is -2.11. The Bertz CT molecular complexity index is 226. The molecule has 0 spiro atoms. The standard InChI is InChI=1S/C12H21NO2/c1-2-3-4-12(15)9-13-8-10-5-6-11(14)7-10/h8,10,12,15H,2-7,9H2,1H3/t10-,12?/m0/s1. The van der Waals surface area contributed by atoms with Crippen LogP contribution < -0.4 is 0 Å². The van der Waals surface area contributed by atoms with Crippen molar-refractivity contribution in [2.24, 2.45) is 10.9 Å². The molecule has 1 aliphatic rings. The number of rotatable bonds is 6. The zero-order valence-corrected chi connectivity index (χ0v) is 9.48. The van der Waals surface area contributed by atoms with E-state index < -0.39 is 0 Å². The van der Waals surface area contributed by atoms with E-state index in [1.807, 2.05) is 6.21 Å². The molecule has 0 radical (unpaired) electrons. The zero-order valence-electron chi connectivity index (χ0n) is 9.48. The van der Waals surface area contributed by atoms with Crippen molar-refractivity contribution >= 4 is 12.0 Å². The van der Waals surface area contributed by atoms with Crippen LogP contribution in [0.25, 0.3) is 0 Å². The van der Waals surface area contributed by atoms with Gasteiger partial charge in [0.25, 0.3) is 0 Å². The normalized spacial score (nSPS) is 23.9. The van der Waals surface area contributed by atoms with Gasteiger partial charge in [-0.15, -0.1) is 0 Å². The molecule has 1 fully saturated rings. The molecule has 2 atom stereocenters. The molecule has 3 nitrogen and oxygen atoms in total. The lowest BCUT2D eigenvalue weighted by Gasteiger charge is -2.06. The van der Waals surface area contributed by atoms with Crippen LogP contribution in [0.2, 0.25) is 0 Å². The highest BCUT2D eigenvalue weighted by molar-refractivity contribution is 5.85. The molecule has 0 bridgehead atoms. The summed E-state index contributed by atoms with van der Waals surface area (Å²) < 4.78 is 0. The lowest BCUT2D eigenvalue weighted by molar-refractivity contribution is -0.117. The second-order valence-corrected chi connectivity index (χ2v) is 4.35. The third kappa shape index (κ3) is 5.07. The Balaban J connectivity index is 2.12. The molecule has 15 heavy (non-hydrogen) atoms. The van der Waals surface area contributed by atoms with Crippen LogP contribution in [0.15, 0.2) is 4.99 Å². The maximum Gasteiger partial charge on any atom is 0.133 e. The van der Waals surface area contributed by atoms with Crippen molar-refractivity contribution in [3.8, 4) is 0 Å². The van der Waals surface area contributed by atoms with Crippen LogP contribution in [-0.4, -0.2) is 29.8 Å². The summed E-state index contributed by atoms with van der Waals surface area (Å²) in [5.41, 5.74) is 0. The number of hydrogen-bond donors (Lipinski definition) is 1. The van der Waals surface area contributed by atoms with Crippen molar-refractivity contribution in [1.82, 2.24) is 0 Å². The van der Waals surface area contributed by atoms with E-state index in [0.717, 1.165) is 25.7 Å². The fraction of sp³-hybridized carbons (Fsp3) is 0.833. The summed E-state index contributed by atoms with van der Waals surface area (Å²) in [5.74, 6) is 0.675. The van der Waals surface area contributed by atoms with Gasteiger partial charge >= 0.3 is 0 Å². The zero-order chi connectivity index (χ0) is 11.1. The van der Waals surface area contributed by atoms with Gasteiger partial charge in [0.05, 0.1) is 12.6 Å². The third-order valence-electron chi connectivity index (χ3n) is 2.81. The van der Waals surface area contributed by atoms with E-state index in [2.05, 4.69) is 11.9 Å². The molecule has 1 N–H and O–H groups in total. The smallest absolute Gasteiger partial charge is 0.133 e. The van der Waals surface area contributed by atoms with Gasteiger partial charge < -0.3 is 5.11 Å². The van der Waals surface area contributed by atoms with Gasteiger partial charge in [-0.3, -0.25) is 9.79 Å². The summed E-state index contributed by atoms with van der Waals surface area (Å²) >= 11 is 0. The number of aliphatic hydroxyl groups excluding tert-OH is 1. The van der Waals surface area contributed by atoms with Crippen molar-refractivity contribution < 1.29 is 9.90 Å². The number of hydrogen-bond acceptors (Lipinski definition) is 3. The van der Waals surface area contributed by atoms with E-state index in [0.29, 0.717) is 31.1 Å². The first kappa shape index (κ1) is 12.4. The number of aliphatic imine (C=N–C) groups is 1. The molecule has 0 heterocycles. The SMILES string of the molecule is CCCCC(O)CN=C[C@H]1CCC(=O)C1. The van der Waals surface area contributed by atoms with Crippen molar-refractivity contribution in [2.75, 3.05) is 6.54 Å². The minimum absolute atomic E-state index is 0.307. The van der Waals surface area contributed by atoms with E-state index in [9.17, 15) is 9.90 Å². The Morgan fingerprint density at radius 2 is 2.47 bits per heavy atom. The molecule has 86 valence electrons. The van der Waals surface area contributed by atoms with Gasteiger partial charge in [0.2, 0.25) is 0 Å². The van der Waals surface area contributed by atoms with Crippen molar-refractivity contribution in [3.63, 3.8) is 0 Å². The first-order chi connectivity index (χ1) is 7.22. The van der Waals surface area contributed by atoms with Crippen LogP contribution in [0.5, 0.6) is 0 Å². The first-order valence-electron chi connectivity index (χ1n) is 5.92. The van der Waals surface area contributed by atoms with Gasteiger partial charge in [-0.2, -0.15) is 0 Å². The summed E-state index contributed by atoms with van der Waals surface area (Å²) in [6.45, 7) is 2.60. The van der Waals surface area contributed by atoms with Gasteiger partial charge in [0.1, 0.15) is 5.78 Å². The summed E-state index contributed by atoms with van der Waals surface area (Å²) in [4.78, 5) is 15.2. The van der Waals surface area contributed by atoms with E-state index in [1.54, 1.807) is 0 Å². The van der Waals surface area contributed by atoms with E-state index >= 15 is 0 Å². The number of unbranched alkanes of at least 4 members (excludes halogenated alkanes) is 1. The van der Waals surface area contributed by atoms with Crippen LogP contribution in [0.1, 0.15) is 45.4 Å². The Morgan fingerprint density at radius 1 is 1.67 bits per heavy atom. The Hall–Kier alpha value is -0.700. The third-order valence-corrected chi connectivity index (χ3v) is 2.81. The monoisotopic (exact) mass is 211 g/mol. The molecule has 0 aromatic heterocycles. The van der Waals surface area contributed by atoms with E-state index in [1.165, 1.54) is 0 Å². The molecule has 0 aromatic rings. The molecule has 0 amide bonds. The number of carbonyl (C=O) groups excluding carboxylic acids is 1. The summed E-state index contributed by atoms with van der Waals surface area (Å²) in [6, 6.07) is 0. The number of Topliss-reactive ketones (excluding diaryl/α,β-unsaturated/α-hetero) is 1. The van der Waals surface area contributed by atoms with Gasteiger partial charge in [-0.1, -0.05) is 19.8 Å². The Labute approximate surface area is 91.6 Å². The van der Waals surface area contributed by atoms with Crippen LogP contribution >= 0.6 is 0 Å². The second-order valence-electron chi connectivity index (χ2n) is 4.35. The lowest BCUT2D eigenvalue weighted by atomic mass is 10.1. The minimum Gasteiger partial charge on any atom is -0.391 e. The van der Waals surface area contributed by atoms with Crippen molar-refractivity contribution in [1.29, 1.82) is 0 Å². The van der Waals surface area contributed by atoms with Gasteiger partial charge in [0, 0.05) is 25.0 Å². The molecular weight excluding hydrogens is 190 g/mol. The highest BCUT2D eigenvalue weighted by Gasteiger charge is 2.19. The van der Waals surface area contributed by atoms with Crippen LogP contribution in [0.4, 0.5) is 0 Å². The number of aliphatic hydroxyl groups is 1. The highest BCUT2D eigenvalue weighted by atomic mass is 16.3. The predicted molar refractivity (Wildman–Crippen MR) is 61.2 cm³/mol. The average Bonchev–Trinajstić information content (AvgIpc) is 2.61. The summed E-state index contributed by atoms with van der Waals surface area (Å²) in [7, 11) is 0. The number of carbonyl (C=O) groups is 1. The van der Waals surface area contributed by atoms with Crippen LogP contribution in [0.3, 0.4) is 0 Å². The fourth-order valence-electron chi connectivity index (χ4n) is 1.83. The Kier molecular flexibility index (Phi) is 5.54. The molecule has 1 rings (SSSR count). The van der Waals surface area contributed by atoms with Gasteiger partial charge in [-0.05, 0) is 12.8 Å². The molecule has 1 saturated carbocycles. The van der Waals surface area contributed by atoms with E-state index in [-0.39, 0.29) is 6.10 Å². The largest absolute Gasteiger partial charge is 0.391 e. The maximum atomic E-state index is 11.0. The van der Waals surface area contributed by atoms with E-state index in [4.69, 9.17) is 0 Å². The average molecular weight is 211 g/mol. The van der Waals surface area contributed by atoms with Crippen LogP contribution in [0, 0.1) is 5.92 Å². The second kappa shape index (κ2) is 6.72. The van der Waals surface area contributed by atoms with Gasteiger partial charge in [-0.25, -0.2) is 0 Å². The van der Waals surface area contributed by atoms with Crippen molar-refractivity contribution in [2.45, 2.75) is 51.6 Å². The molecule has 0 aliphatic heterocycles. The molecule has 0 aromatic carbocycles. The number of nitrogens with zero attached hydrogens (tertiary/aromatic N) is 1. The molecule has 1 aliphatic carbocycles.